The van der Waals surface area contributed by atoms with Gasteiger partial charge in [-0.3, -0.25) is 14.4 Å². The zero-order valence-electron chi connectivity index (χ0n) is 52.9. The molecule has 0 aliphatic carbocycles. The van der Waals surface area contributed by atoms with Crippen molar-refractivity contribution in [3.63, 3.8) is 0 Å². The van der Waals surface area contributed by atoms with E-state index in [1.807, 2.05) is 12.2 Å². The summed E-state index contributed by atoms with van der Waals surface area (Å²) >= 11 is 0. The van der Waals surface area contributed by atoms with Crippen molar-refractivity contribution in [1.82, 2.24) is 0 Å². The minimum Gasteiger partial charge on any atom is -0.462 e. The average Bonchev–Trinajstić information content (AvgIpc) is 3.49. The van der Waals surface area contributed by atoms with E-state index in [1.165, 1.54) is 44.9 Å². The molecule has 0 rings (SSSR count). The summed E-state index contributed by atoms with van der Waals surface area (Å²) in [6.07, 6.45) is 104. The molecule has 0 aliphatic rings. The molecule has 0 fully saturated rings. The molecule has 0 aromatic carbocycles. The molecule has 1 unspecified atom stereocenters. The van der Waals surface area contributed by atoms with Gasteiger partial charge >= 0.3 is 17.9 Å². The second kappa shape index (κ2) is 68.7. The lowest BCUT2D eigenvalue weighted by Gasteiger charge is -2.18. The molecule has 0 aromatic rings. The maximum absolute atomic E-state index is 12.9. The third-order valence-electron chi connectivity index (χ3n) is 13.1. The molecule has 0 radical (unpaired) electrons. The molecule has 462 valence electrons. The van der Waals surface area contributed by atoms with Gasteiger partial charge in [0.15, 0.2) is 6.10 Å². The lowest BCUT2D eigenvalue weighted by molar-refractivity contribution is -0.166. The predicted octanol–water partition coefficient (Wildman–Crippen LogP) is 23.0. The van der Waals surface area contributed by atoms with Crippen molar-refractivity contribution < 1.29 is 28.6 Å². The number of rotatable bonds is 57. The highest BCUT2D eigenvalue weighted by Gasteiger charge is 2.19. The maximum Gasteiger partial charge on any atom is 0.306 e. The van der Waals surface area contributed by atoms with Crippen molar-refractivity contribution >= 4 is 17.9 Å². The van der Waals surface area contributed by atoms with Crippen LogP contribution < -0.4 is 0 Å². The molecule has 0 aromatic heterocycles. The standard InChI is InChI=1S/C77H118O6/c1-4-7-10-13-16-19-22-25-28-31-33-34-35-36-37-38-39-40-41-42-44-46-49-52-55-58-61-64-67-70-76(79)82-73-74(72-81-75(78)69-66-63-60-57-54-51-48-45-30-27-24-21-18-15-12-9-6-3)83-77(80)71-68-65-62-59-56-53-50-47-43-32-29-26-23-20-17-14-11-8-5-2/h7-12,16-21,25-30,33-34,36-37,39-40,42-44,47,53,56,62,65,74H,4-6,13-15,22-24,31-32,35,38,41,45-46,48-52,54-55,57-61,63-64,66-73H2,1-3H3/b10-7-,11-8-,12-9-,19-16-,20-17-,21-18-,28-25-,29-26-,30-27-,34-33-,37-36-,40-39-,44-42-,47-43-,56-53-,65-62-. The molecule has 0 spiro atoms. The smallest absolute Gasteiger partial charge is 0.306 e. The maximum atomic E-state index is 12.9. The number of hydrogen-bond acceptors (Lipinski definition) is 6. The summed E-state index contributed by atoms with van der Waals surface area (Å²) in [5.74, 6) is -1.04. The summed E-state index contributed by atoms with van der Waals surface area (Å²) in [7, 11) is 0. The van der Waals surface area contributed by atoms with Gasteiger partial charge in [0.1, 0.15) is 13.2 Å². The number of allylic oxidation sites excluding steroid dienone is 32. The predicted molar refractivity (Wildman–Crippen MR) is 361 cm³/mol. The topological polar surface area (TPSA) is 78.9 Å². The van der Waals surface area contributed by atoms with Crippen LogP contribution in [0.25, 0.3) is 0 Å². The Balaban J connectivity index is 4.51. The molecule has 0 saturated carbocycles. The lowest BCUT2D eigenvalue weighted by Crippen LogP contribution is -2.30. The van der Waals surface area contributed by atoms with Gasteiger partial charge in [0.25, 0.3) is 0 Å². The summed E-state index contributed by atoms with van der Waals surface area (Å²) in [6.45, 7) is 6.21. The highest BCUT2D eigenvalue weighted by atomic mass is 16.6. The van der Waals surface area contributed by atoms with Gasteiger partial charge in [-0.25, -0.2) is 0 Å². The lowest BCUT2D eigenvalue weighted by atomic mass is 10.1. The van der Waals surface area contributed by atoms with Crippen LogP contribution in [-0.2, 0) is 28.6 Å². The van der Waals surface area contributed by atoms with Crippen molar-refractivity contribution in [2.75, 3.05) is 13.2 Å². The molecule has 6 nitrogen and oxygen atoms in total. The van der Waals surface area contributed by atoms with E-state index in [0.29, 0.717) is 19.3 Å². The molecule has 0 amide bonds. The van der Waals surface area contributed by atoms with E-state index in [-0.39, 0.29) is 31.6 Å². The fourth-order valence-corrected chi connectivity index (χ4v) is 8.29. The molecule has 0 aliphatic heterocycles. The van der Waals surface area contributed by atoms with Crippen LogP contribution in [0.5, 0.6) is 0 Å². The Hall–Kier alpha value is -5.75. The molecule has 6 heteroatoms. The van der Waals surface area contributed by atoms with Crippen LogP contribution in [0.3, 0.4) is 0 Å². The van der Waals surface area contributed by atoms with Crippen LogP contribution >= 0.6 is 0 Å². The van der Waals surface area contributed by atoms with Crippen LogP contribution in [0.2, 0.25) is 0 Å². The Morgan fingerprint density at radius 2 is 0.458 bits per heavy atom. The van der Waals surface area contributed by atoms with Gasteiger partial charge in [-0.15, -0.1) is 0 Å². The fraction of sp³-hybridized carbons (Fsp3) is 0.545. The van der Waals surface area contributed by atoms with Crippen molar-refractivity contribution in [3.8, 4) is 0 Å². The normalized spacial score (nSPS) is 13.4. The molecular formula is C77H118O6. The van der Waals surface area contributed by atoms with E-state index < -0.39 is 12.1 Å². The number of carbonyl (C=O) groups excluding carboxylic acids is 3. The van der Waals surface area contributed by atoms with Crippen LogP contribution in [0.4, 0.5) is 0 Å². The van der Waals surface area contributed by atoms with Gasteiger partial charge in [-0.1, -0.05) is 279 Å². The molecule has 0 N–H and O–H groups in total. The Bertz CT molecular complexity index is 1990. The highest BCUT2D eigenvalue weighted by Crippen LogP contribution is 2.14. The van der Waals surface area contributed by atoms with E-state index in [4.69, 9.17) is 14.2 Å². The van der Waals surface area contributed by atoms with Gasteiger partial charge in [0.2, 0.25) is 0 Å². The molecule has 83 heavy (non-hydrogen) atoms. The number of esters is 3. The first kappa shape index (κ1) is 77.2. The zero-order valence-corrected chi connectivity index (χ0v) is 52.9. The van der Waals surface area contributed by atoms with E-state index >= 15 is 0 Å². The second-order valence-electron chi connectivity index (χ2n) is 20.9. The first-order chi connectivity index (χ1) is 41.0. The van der Waals surface area contributed by atoms with Crippen molar-refractivity contribution in [2.45, 2.75) is 258 Å². The summed E-state index contributed by atoms with van der Waals surface area (Å²) in [6, 6.07) is 0. The van der Waals surface area contributed by atoms with Crippen LogP contribution in [0, 0.1) is 0 Å². The first-order valence-electron chi connectivity index (χ1n) is 32.9. The van der Waals surface area contributed by atoms with Crippen molar-refractivity contribution in [1.29, 1.82) is 0 Å². The minimum absolute atomic E-state index is 0.127. The number of carbonyl (C=O) groups is 3. The first-order valence-corrected chi connectivity index (χ1v) is 32.9. The van der Waals surface area contributed by atoms with Gasteiger partial charge in [-0.05, 0) is 148 Å². The molecule has 0 bridgehead atoms. The Kier molecular flexibility index (Phi) is 64.0. The Morgan fingerprint density at radius 3 is 0.723 bits per heavy atom. The summed E-state index contributed by atoms with van der Waals surface area (Å²) in [4.78, 5) is 38.4. The second-order valence-corrected chi connectivity index (χ2v) is 20.9. The fourth-order valence-electron chi connectivity index (χ4n) is 8.29. The van der Waals surface area contributed by atoms with E-state index in [2.05, 4.69) is 203 Å². The van der Waals surface area contributed by atoms with Gasteiger partial charge in [0, 0.05) is 19.3 Å². The summed E-state index contributed by atoms with van der Waals surface area (Å²) in [5.41, 5.74) is 0. The Morgan fingerprint density at radius 1 is 0.241 bits per heavy atom. The molecule has 1 atom stereocenters. The van der Waals surface area contributed by atoms with Gasteiger partial charge in [-0.2, -0.15) is 0 Å². The molecule has 0 saturated heterocycles. The summed E-state index contributed by atoms with van der Waals surface area (Å²) in [5, 5.41) is 0. The van der Waals surface area contributed by atoms with Crippen LogP contribution in [-0.4, -0.2) is 37.2 Å². The number of hydrogen-bond donors (Lipinski definition) is 0. The summed E-state index contributed by atoms with van der Waals surface area (Å²) < 4.78 is 16.8. The quantitative estimate of drug-likeness (QED) is 0.0261. The highest BCUT2D eigenvalue weighted by molar-refractivity contribution is 5.71. The van der Waals surface area contributed by atoms with Crippen molar-refractivity contribution in [2.24, 2.45) is 0 Å². The number of ether oxygens (including phenoxy) is 3. The minimum atomic E-state index is -0.841. The van der Waals surface area contributed by atoms with E-state index in [1.54, 1.807) is 0 Å². The third kappa shape index (κ3) is 66.9. The largest absolute Gasteiger partial charge is 0.462 e. The van der Waals surface area contributed by atoms with Gasteiger partial charge < -0.3 is 14.2 Å². The SMILES string of the molecule is CC/C=C\C/C=C\C/C=C\C/C=C\C/C=C\C/C=C\C/C=C\CCCCCCCCCC(=O)OCC(COC(=O)CCCCCCCCC/C=C\C/C=C\C/C=C\CC)OC(=O)CC/C=C\C/C=C\C/C=C\C/C=C\C/C=C\C/C=C\CC. The van der Waals surface area contributed by atoms with E-state index in [9.17, 15) is 14.4 Å². The van der Waals surface area contributed by atoms with Crippen molar-refractivity contribution in [3.05, 3.63) is 194 Å². The average molecular weight is 1140 g/mol. The molecular weight excluding hydrogens is 1020 g/mol. The van der Waals surface area contributed by atoms with Crippen LogP contribution in [0.15, 0.2) is 194 Å². The monoisotopic (exact) mass is 1140 g/mol. The van der Waals surface area contributed by atoms with Crippen LogP contribution in [0.1, 0.15) is 252 Å². The third-order valence-corrected chi connectivity index (χ3v) is 13.1. The number of unbranched alkanes of at least 4 members (excludes halogenated alkanes) is 14. The van der Waals surface area contributed by atoms with Gasteiger partial charge in [0.05, 0.1) is 0 Å². The zero-order chi connectivity index (χ0) is 59.9. The Labute approximate surface area is 509 Å². The van der Waals surface area contributed by atoms with E-state index in [0.717, 1.165) is 161 Å². The molecule has 0 heterocycles.